The van der Waals surface area contributed by atoms with Crippen molar-refractivity contribution in [2.24, 2.45) is 0 Å². The molecule has 1 N–H and O–H groups in total. The lowest BCUT2D eigenvalue weighted by Crippen LogP contribution is -2.13. The van der Waals surface area contributed by atoms with Gasteiger partial charge in [0.15, 0.2) is 0 Å². The number of fused-ring (bicyclic) bond motifs is 1. The molecule has 2 aromatic carbocycles. The molecule has 0 aliphatic rings. The Balaban J connectivity index is 1.77. The van der Waals surface area contributed by atoms with Gasteiger partial charge in [0.25, 0.3) is 0 Å². The van der Waals surface area contributed by atoms with E-state index in [9.17, 15) is 4.79 Å². The largest absolute Gasteiger partial charge is 0.457 e. The Morgan fingerprint density at radius 2 is 1.85 bits per heavy atom. The van der Waals surface area contributed by atoms with Crippen LogP contribution in [-0.4, -0.2) is 36.5 Å². The molecule has 4 nitrogen and oxygen atoms in total. The second kappa shape index (κ2) is 8.19. The van der Waals surface area contributed by atoms with E-state index in [0.29, 0.717) is 5.56 Å². The van der Waals surface area contributed by atoms with Crippen molar-refractivity contribution in [1.82, 2.24) is 9.88 Å². The number of hydrogen-bond acceptors (Lipinski definition) is 3. The number of ether oxygens (including phenoxy) is 1. The molecule has 0 unspecified atom stereocenters. The fourth-order valence-corrected chi connectivity index (χ4v) is 3.19. The van der Waals surface area contributed by atoms with Crippen molar-refractivity contribution in [2.45, 2.75) is 26.4 Å². The molecule has 0 fully saturated rings. The number of aromatic nitrogens is 1. The van der Waals surface area contributed by atoms with Crippen molar-refractivity contribution in [1.29, 1.82) is 0 Å². The van der Waals surface area contributed by atoms with Crippen LogP contribution in [-0.2, 0) is 17.8 Å². The fraction of sp³-hybridized carbons (Fsp3) is 0.318. The molecule has 0 saturated carbocycles. The summed E-state index contributed by atoms with van der Waals surface area (Å²) in [4.78, 5) is 18.2. The van der Waals surface area contributed by atoms with E-state index in [1.165, 1.54) is 5.56 Å². The topological polar surface area (TPSA) is 45.3 Å². The van der Waals surface area contributed by atoms with Crippen LogP contribution in [0.4, 0.5) is 0 Å². The minimum absolute atomic E-state index is 0.275. The van der Waals surface area contributed by atoms with Crippen LogP contribution in [0.5, 0.6) is 0 Å². The second-order valence-electron chi connectivity index (χ2n) is 6.97. The Hall–Kier alpha value is -2.59. The molecular formula is C22H26N2O2. The van der Waals surface area contributed by atoms with E-state index in [0.717, 1.165) is 41.5 Å². The average Bonchev–Trinajstić information content (AvgIpc) is 2.95. The van der Waals surface area contributed by atoms with Crippen LogP contribution in [0, 0.1) is 6.92 Å². The molecule has 26 heavy (non-hydrogen) atoms. The molecule has 0 radical (unpaired) electrons. The van der Waals surface area contributed by atoms with Crippen molar-refractivity contribution < 1.29 is 9.53 Å². The summed E-state index contributed by atoms with van der Waals surface area (Å²) < 4.78 is 5.55. The van der Waals surface area contributed by atoms with E-state index < -0.39 is 0 Å². The fourth-order valence-electron chi connectivity index (χ4n) is 3.19. The number of carbonyl (C=O) groups is 1. The number of H-pyrrole nitrogens is 1. The van der Waals surface area contributed by atoms with E-state index >= 15 is 0 Å². The van der Waals surface area contributed by atoms with Gasteiger partial charge in [0.05, 0.1) is 5.56 Å². The molecule has 4 heteroatoms. The second-order valence-corrected chi connectivity index (χ2v) is 6.97. The Bertz CT molecular complexity index is 882. The number of aromatic amines is 1. The van der Waals surface area contributed by atoms with E-state index in [-0.39, 0.29) is 12.6 Å². The zero-order chi connectivity index (χ0) is 18.5. The lowest BCUT2D eigenvalue weighted by Gasteiger charge is -2.09. The predicted molar refractivity (Wildman–Crippen MR) is 105 cm³/mol. The number of esters is 1. The number of nitrogens with one attached hydrogen (secondary N) is 1. The van der Waals surface area contributed by atoms with Crippen molar-refractivity contribution in [3.8, 4) is 0 Å². The average molecular weight is 350 g/mol. The molecule has 0 bridgehead atoms. The summed E-state index contributed by atoms with van der Waals surface area (Å²) >= 11 is 0. The lowest BCUT2D eigenvalue weighted by atomic mass is 10.0. The molecule has 1 aromatic heterocycles. The Morgan fingerprint density at radius 1 is 1.08 bits per heavy atom. The molecule has 0 saturated heterocycles. The third kappa shape index (κ3) is 4.33. The number of rotatable bonds is 7. The monoisotopic (exact) mass is 350 g/mol. The van der Waals surface area contributed by atoms with Crippen LogP contribution in [0.15, 0.2) is 48.5 Å². The molecule has 1 heterocycles. The summed E-state index contributed by atoms with van der Waals surface area (Å²) in [6.45, 7) is 3.26. The number of carbonyl (C=O) groups excluding carboxylic acids is 1. The van der Waals surface area contributed by atoms with E-state index in [2.05, 4.69) is 42.2 Å². The first-order valence-electron chi connectivity index (χ1n) is 9.01. The first-order chi connectivity index (χ1) is 12.5. The first-order valence-corrected chi connectivity index (χ1v) is 9.01. The maximum Gasteiger partial charge on any atom is 0.340 e. The molecule has 136 valence electrons. The van der Waals surface area contributed by atoms with Crippen molar-refractivity contribution in [3.05, 3.63) is 70.9 Å². The quantitative estimate of drug-likeness (QED) is 0.645. The van der Waals surface area contributed by atoms with Crippen LogP contribution in [0.3, 0.4) is 0 Å². The molecule has 0 spiro atoms. The third-order valence-electron chi connectivity index (χ3n) is 4.54. The number of aryl methyl sites for hydroxylation is 2. The maximum atomic E-state index is 12.7. The van der Waals surface area contributed by atoms with Gasteiger partial charge in [-0.3, -0.25) is 0 Å². The van der Waals surface area contributed by atoms with Crippen molar-refractivity contribution in [3.63, 3.8) is 0 Å². The molecule has 0 atom stereocenters. The Morgan fingerprint density at radius 3 is 2.58 bits per heavy atom. The zero-order valence-electron chi connectivity index (χ0n) is 15.7. The smallest absolute Gasteiger partial charge is 0.340 e. The minimum Gasteiger partial charge on any atom is -0.457 e. The van der Waals surface area contributed by atoms with Crippen LogP contribution in [0.2, 0.25) is 0 Å². The lowest BCUT2D eigenvalue weighted by molar-refractivity contribution is 0.0474. The van der Waals surface area contributed by atoms with E-state index in [1.807, 2.05) is 37.3 Å². The standard InChI is InChI=1S/C22H26N2O2/c1-16-21(22(25)26-15-18-8-5-4-6-9-18)19-14-17(10-7-13-24(2)3)11-12-20(19)23-16/h4-6,8-9,11-12,14,23H,7,10,13,15H2,1-3H3. The van der Waals surface area contributed by atoms with Gasteiger partial charge >= 0.3 is 5.97 Å². The highest BCUT2D eigenvalue weighted by Gasteiger charge is 2.18. The predicted octanol–water partition coefficient (Wildman–Crippen LogP) is 4.33. The summed E-state index contributed by atoms with van der Waals surface area (Å²) in [6, 6.07) is 16.1. The third-order valence-corrected chi connectivity index (χ3v) is 4.54. The molecule has 3 aromatic rings. The van der Waals surface area contributed by atoms with Gasteiger partial charge in [-0.15, -0.1) is 0 Å². The van der Waals surface area contributed by atoms with Gasteiger partial charge in [0.2, 0.25) is 0 Å². The van der Waals surface area contributed by atoms with Crippen molar-refractivity contribution in [2.75, 3.05) is 20.6 Å². The molecule has 3 rings (SSSR count). The van der Waals surface area contributed by atoms with Gasteiger partial charge < -0.3 is 14.6 Å². The highest BCUT2D eigenvalue weighted by molar-refractivity contribution is 6.05. The molecule has 0 amide bonds. The number of benzene rings is 2. The van der Waals surface area contributed by atoms with Gasteiger partial charge in [-0.05, 0) is 63.7 Å². The molecule has 0 aliphatic carbocycles. The van der Waals surface area contributed by atoms with Crippen LogP contribution < -0.4 is 0 Å². The minimum atomic E-state index is -0.275. The van der Waals surface area contributed by atoms with Crippen LogP contribution in [0.25, 0.3) is 10.9 Å². The summed E-state index contributed by atoms with van der Waals surface area (Å²) in [5, 5.41) is 0.947. The summed E-state index contributed by atoms with van der Waals surface area (Å²) in [7, 11) is 4.17. The maximum absolute atomic E-state index is 12.7. The van der Waals surface area contributed by atoms with E-state index in [1.54, 1.807) is 0 Å². The summed E-state index contributed by atoms with van der Waals surface area (Å²) in [5.74, 6) is -0.275. The Labute approximate surface area is 154 Å². The zero-order valence-corrected chi connectivity index (χ0v) is 15.7. The van der Waals surface area contributed by atoms with Gasteiger partial charge in [-0.2, -0.15) is 0 Å². The van der Waals surface area contributed by atoms with Crippen LogP contribution >= 0.6 is 0 Å². The van der Waals surface area contributed by atoms with Crippen LogP contribution in [0.1, 0.15) is 33.6 Å². The summed E-state index contributed by atoms with van der Waals surface area (Å²) in [5.41, 5.74) is 4.71. The summed E-state index contributed by atoms with van der Waals surface area (Å²) in [6.07, 6.45) is 2.09. The normalized spacial score (nSPS) is 11.2. The van der Waals surface area contributed by atoms with Gasteiger partial charge in [0.1, 0.15) is 6.61 Å². The SMILES string of the molecule is Cc1[nH]c2ccc(CCCN(C)C)cc2c1C(=O)OCc1ccccc1. The van der Waals surface area contributed by atoms with E-state index in [4.69, 9.17) is 4.74 Å². The highest BCUT2D eigenvalue weighted by atomic mass is 16.5. The van der Waals surface area contributed by atoms with Gasteiger partial charge in [-0.25, -0.2) is 4.79 Å². The molecular weight excluding hydrogens is 324 g/mol. The van der Waals surface area contributed by atoms with Gasteiger partial charge in [-0.1, -0.05) is 36.4 Å². The number of nitrogens with zero attached hydrogens (tertiary/aromatic N) is 1. The molecule has 0 aliphatic heterocycles. The highest BCUT2D eigenvalue weighted by Crippen LogP contribution is 2.25. The Kier molecular flexibility index (Phi) is 5.74. The van der Waals surface area contributed by atoms with Crippen molar-refractivity contribution >= 4 is 16.9 Å². The number of hydrogen-bond donors (Lipinski definition) is 1. The van der Waals surface area contributed by atoms with Gasteiger partial charge in [0, 0.05) is 16.6 Å². The first kappa shape index (κ1) is 18.2.